The maximum Gasteiger partial charge on any atom is 0.226 e. The summed E-state index contributed by atoms with van der Waals surface area (Å²) in [7, 11) is 1.80. The molecule has 3 heterocycles. The quantitative estimate of drug-likeness (QED) is 0.216. The minimum absolute atomic E-state index is 0. The number of hydrogen-bond donors (Lipinski definition) is 2. The van der Waals surface area contributed by atoms with Gasteiger partial charge in [-0.1, -0.05) is 25.1 Å². The molecule has 1 atom stereocenters. The van der Waals surface area contributed by atoms with Gasteiger partial charge in [-0.3, -0.25) is 9.89 Å². The molecule has 2 aromatic heterocycles. The van der Waals surface area contributed by atoms with Crippen molar-refractivity contribution in [2.75, 3.05) is 46.4 Å². The van der Waals surface area contributed by atoms with Gasteiger partial charge < -0.3 is 19.9 Å². The average Bonchev–Trinajstić information content (AvgIpc) is 3.43. The third kappa shape index (κ3) is 7.47. The van der Waals surface area contributed by atoms with Gasteiger partial charge >= 0.3 is 0 Å². The summed E-state index contributed by atoms with van der Waals surface area (Å²) < 4.78 is 10.8. The molecule has 1 aliphatic heterocycles. The van der Waals surface area contributed by atoms with E-state index in [1.165, 1.54) is 4.88 Å². The second kappa shape index (κ2) is 13.2. The van der Waals surface area contributed by atoms with E-state index in [2.05, 4.69) is 62.0 Å². The molecular formula is C20H33IN6O2S. The summed E-state index contributed by atoms with van der Waals surface area (Å²) in [4.78, 5) is 12.6. The lowest BCUT2D eigenvalue weighted by molar-refractivity contribution is 0.0177. The van der Waals surface area contributed by atoms with E-state index in [1.54, 1.807) is 18.4 Å². The van der Waals surface area contributed by atoms with Gasteiger partial charge in [-0.15, -0.1) is 35.3 Å². The molecule has 0 radical (unpaired) electrons. The summed E-state index contributed by atoms with van der Waals surface area (Å²) in [6, 6.07) is 4.65. The van der Waals surface area contributed by atoms with E-state index >= 15 is 0 Å². The standard InChI is InChI=1S/C20H32N6O2S.HI/c1-15(2)19-24-18(28-25-19)7-4-8-22-20(21-3)23-14-16(17-6-5-13-29-17)26-9-11-27-12-10-26;/h5-6,13,15-16H,4,7-12,14H2,1-3H3,(H2,21,22,23);1H. The average molecular weight is 548 g/mol. The van der Waals surface area contributed by atoms with Gasteiger partial charge in [-0.25, -0.2) is 0 Å². The molecule has 1 unspecified atom stereocenters. The Hall–Kier alpha value is -1.24. The van der Waals surface area contributed by atoms with Crippen LogP contribution in [0, 0.1) is 0 Å². The lowest BCUT2D eigenvalue weighted by Gasteiger charge is -2.34. The Morgan fingerprint density at radius 2 is 2.10 bits per heavy atom. The number of rotatable bonds is 9. The van der Waals surface area contributed by atoms with Gasteiger partial charge in [0.15, 0.2) is 11.8 Å². The molecule has 168 valence electrons. The lowest BCUT2D eigenvalue weighted by atomic mass is 10.2. The first-order valence-corrected chi connectivity index (χ1v) is 11.2. The summed E-state index contributed by atoms with van der Waals surface area (Å²) in [6.07, 6.45) is 1.66. The first-order chi connectivity index (χ1) is 14.2. The molecule has 1 saturated heterocycles. The largest absolute Gasteiger partial charge is 0.379 e. The molecule has 3 rings (SSSR count). The third-order valence-corrected chi connectivity index (χ3v) is 5.88. The Bertz CT molecular complexity index is 746. The van der Waals surface area contributed by atoms with Gasteiger partial charge in [0.05, 0.1) is 19.3 Å². The van der Waals surface area contributed by atoms with Gasteiger partial charge in [0, 0.05) is 50.4 Å². The number of thiophene rings is 1. The normalized spacial score (nSPS) is 16.3. The van der Waals surface area contributed by atoms with Crippen LogP contribution in [0.3, 0.4) is 0 Å². The van der Waals surface area contributed by atoms with Gasteiger partial charge in [-0.2, -0.15) is 4.98 Å². The monoisotopic (exact) mass is 548 g/mol. The van der Waals surface area contributed by atoms with Crippen molar-refractivity contribution in [3.8, 4) is 0 Å². The van der Waals surface area contributed by atoms with E-state index in [1.807, 2.05) is 0 Å². The van der Waals surface area contributed by atoms with Crippen LogP contribution in [-0.2, 0) is 11.2 Å². The molecule has 0 aromatic carbocycles. The summed E-state index contributed by atoms with van der Waals surface area (Å²) in [5.74, 6) is 2.57. The summed E-state index contributed by atoms with van der Waals surface area (Å²) >= 11 is 1.80. The first-order valence-electron chi connectivity index (χ1n) is 10.3. The van der Waals surface area contributed by atoms with E-state index in [0.29, 0.717) is 11.9 Å². The molecule has 0 bridgehead atoms. The molecule has 2 aromatic rings. The number of nitrogens with one attached hydrogen (secondary N) is 2. The van der Waals surface area contributed by atoms with Crippen LogP contribution in [-0.4, -0.2) is 67.4 Å². The molecule has 0 amide bonds. The highest BCUT2D eigenvalue weighted by molar-refractivity contribution is 14.0. The van der Waals surface area contributed by atoms with Crippen LogP contribution in [0.25, 0.3) is 0 Å². The molecule has 0 spiro atoms. The van der Waals surface area contributed by atoms with Gasteiger partial charge in [0.1, 0.15) is 0 Å². The van der Waals surface area contributed by atoms with E-state index in [9.17, 15) is 0 Å². The van der Waals surface area contributed by atoms with Gasteiger partial charge in [0.2, 0.25) is 5.89 Å². The van der Waals surface area contributed by atoms with Crippen molar-refractivity contribution >= 4 is 41.3 Å². The highest BCUT2D eigenvalue weighted by Gasteiger charge is 2.23. The van der Waals surface area contributed by atoms with E-state index in [-0.39, 0.29) is 29.9 Å². The van der Waals surface area contributed by atoms with Crippen LogP contribution in [0.5, 0.6) is 0 Å². The molecule has 1 aliphatic rings. The topological polar surface area (TPSA) is 87.8 Å². The van der Waals surface area contributed by atoms with Crippen LogP contribution in [0.2, 0.25) is 0 Å². The Labute approximate surface area is 199 Å². The Balaban J connectivity index is 0.00000320. The van der Waals surface area contributed by atoms with E-state index in [0.717, 1.165) is 64.0 Å². The molecular weight excluding hydrogens is 515 g/mol. The fourth-order valence-corrected chi connectivity index (χ4v) is 4.11. The number of morpholine rings is 1. The van der Waals surface area contributed by atoms with Crippen LogP contribution in [0.4, 0.5) is 0 Å². The Morgan fingerprint density at radius 1 is 1.30 bits per heavy atom. The molecule has 0 aliphatic carbocycles. The molecule has 1 fully saturated rings. The summed E-state index contributed by atoms with van der Waals surface area (Å²) in [6.45, 7) is 9.23. The zero-order valence-corrected chi connectivity index (χ0v) is 21.1. The van der Waals surface area contributed by atoms with Gasteiger partial charge in [0.25, 0.3) is 0 Å². The van der Waals surface area contributed by atoms with Crippen LogP contribution in [0.15, 0.2) is 27.0 Å². The highest BCUT2D eigenvalue weighted by Crippen LogP contribution is 2.25. The zero-order valence-electron chi connectivity index (χ0n) is 18.0. The second-order valence-corrected chi connectivity index (χ2v) is 8.34. The number of hydrogen-bond acceptors (Lipinski definition) is 7. The predicted molar refractivity (Wildman–Crippen MR) is 131 cm³/mol. The number of nitrogens with zero attached hydrogens (tertiary/aromatic N) is 4. The molecule has 0 saturated carbocycles. The SMILES string of the molecule is CN=C(NCCCc1nc(C(C)C)no1)NCC(c1cccs1)N1CCOCC1.I. The molecule has 2 N–H and O–H groups in total. The van der Waals surface area contributed by atoms with Crippen LogP contribution < -0.4 is 10.6 Å². The van der Waals surface area contributed by atoms with E-state index in [4.69, 9.17) is 9.26 Å². The zero-order chi connectivity index (χ0) is 20.5. The number of ether oxygens (including phenoxy) is 1. The molecule has 10 heteroatoms. The number of aliphatic imine (C=N–C) groups is 1. The predicted octanol–water partition coefficient (Wildman–Crippen LogP) is 3.04. The van der Waals surface area contributed by atoms with Crippen molar-refractivity contribution < 1.29 is 9.26 Å². The number of halogens is 1. The van der Waals surface area contributed by atoms with Gasteiger partial charge in [-0.05, 0) is 17.9 Å². The Kier molecular flexibility index (Phi) is 11.0. The third-order valence-electron chi connectivity index (χ3n) is 4.90. The van der Waals surface area contributed by atoms with Crippen molar-refractivity contribution in [1.82, 2.24) is 25.7 Å². The fourth-order valence-electron chi connectivity index (χ4n) is 3.24. The lowest BCUT2D eigenvalue weighted by Crippen LogP contribution is -2.46. The minimum Gasteiger partial charge on any atom is -0.379 e. The summed E-state index contributed by atoms with van der Waals surface area (Å²) in [5, 5.41) is 13.0. The first kappa shape index (κ1) is 25.0. The number of guanidine groups is 1. The van der Waals surface area contributed by atoms with Crippen molar-refractivity contribution in [2.24, 2.45) is 4.99 Å². The van der Waals surface area contributed by atoms with Crippen LogP contribution >= 0.6 is 35.3 Å². The van der Waals surface area contributed by atoms with Crippen molar-refractivity contribution in [1.29, 1.82) is 0 Å². The van der Waals surface area contributed by atoms with Crippen molar-refractivity contribution in [3.63, 3.8) is 0 Å². The molecule has 30 heavy (non-hydrogen) atoms. The van der Waals surface area contributed by atoms with Crippen molar-refractivity contribution in [3.05, 3.63) is 34.1 Å². The van der Waals surface area contributed by atoms with E-state index < -0.39 is 0 Å². The second-order valence-electron chi connectivity index (χ2n) is 7.36. The maximum absolute atomic E-state index is 5.52. The highest BCUT2D eigenvalue weighted by atomic mass is 127. The summed E-state index contributed by atoms with van der Waals surface area (Å²) in [5.41, 5.74) is 0. The van der Waals surface area contributed by atoms with Crippen molar-refractivity contribution in [2.45, 2.75) is 38.6 Å². The Morgan fingerprint density at radius 3 is 2.73 bits per heavy atom. The molecule has 8 nitrogen and oxygen atoms in total. The smallest absolute Gasteiger partial charge is 0.226 e. The maximum atomic E-state index is 5.52. The number of aryl methyl sites for hydroxylation is 1. The number of aromatic nitrogens is 2. The fraction of sp³-hybridized carbons (Fsp3) is 0.650. The minimum atomic E-state index is 0. The van der Waals surface area contributed by atoms with Crippen LogP contribution in [0.1, 0.15) is 48.8 Å².